The summed E-state index contributed by atoms with van der Waals surface area (Å²) in [6.07, 6.45) is 3.85. The molecule has 1 aliphatic heterocycles. The van der Waals surface area contributed by atoms with E-state index < -0.39 is 0 Å². The van der Waals surface area contributed by atoms with Gasteiger partial charge in [-0.1, -0.05) is 0 Å². The number of hydrogen-bond acceptors (Lipinski definition) is 6. The van der Waals surface area contributed by atoms with Gasteiger partial charge in [-0.25, -0.2) is 4.39 Å². The summed E-state index contributed by atoms with van der Waals surface area (Å²) in [5, 5.41) is 11.6. The van der Waals surface area contributed by atoms with Crippen molar-refractivity contribution in [2.75, 3.05) is 20.2 Å². The zero-order chi connectivity index (χ0) is 21.8. The molecule has 1 unspecified atom stereocenters. The summed E-state index contributed by atoms with van der Waals surface area (Å²) in [5.74, 6) is 1.77. The lowest BCUT2D eigenvalue weighted by atomic mass is 10.2. The van der Waals surface area contributed by atoms with Crippen LogP contribution in [0.5, 0.6) is 5.75 Å². The Labute approximate surface area is 180 Å². The third-order valence-corrected chi connectivity index (χ3v) is 5.45. The second-order valence-corrected chi connectivity index (χ2v) is 7.55. The molecule has 1 aromatic carbocycles. The van der Waals surface area contributed by atoms with E-state index in [-0.39, 0.29) is 17.8 Å². The minimum Gasteiger partial charge on any atom is -0.497 e. The molecule has 8 nitrogen and oxygen atoms in total. The quantitative estimate of drug-likeness (QED) is 0.654. The molecular weight excluding hydrogens is 399 g/mol. The molecule has 31 heavy (non-hydrogen) atoms. The summed E-state index contributed by atoms with van der Waals surface area (Å²) in [5.41, 5.74) is 1.10. The van der Waals surface area contributed by atoms with Gasteiger partial charge in [0.25, 0.3) is 5.91 Å². The number of benzene rings is 1. The van der Waals surface area contributed by atoms with E-state index in [1.165, 1.54) is 12.3 Å². The highest BCUT2D eigenvalue weighted by atomic mass is 19.1. The van der Waals surface area contributed by atoms with Gasteiger partial charge in [0.2, 0.25) is 0 Å². The minimum atomic E-state index is -0.309. The first-order valence-electron chi connectivity index (χ1n) is 10.2. The molecule has 0 bridgehead atoms. The summed E-state index contributed by atoms with van der Waals surface area (Å²) in [4.78, 5) is 18.6. The van der Waals surface area contributed by atoms with Crippen molar-refractivity contribution in [3.8, 4) is 5.75 Å². The van der Waals surface area contributed by atoms with E-state index in [2.05, 4.69) is 30.0 Å². The number of nitrogens with zero attached hydrogens (tertiary/aromatic N) is 5. The van der Waals surface area contributed by atoms with E-state index in [1.54, 1.807) is 37.6 Å². The molecule has 1 N–H and O–H groups in total. The van der Waals surface area contributed by atoms with Gasteiger partial charge in [-0.15, -0.1) is 10.2 Å². The number of nitrogens with one attached hydrogen (secondary N) is 1. The van der Waals surface area contributed by atoms with Crippen LogP contribution in [0.15, 0.2) is 42.7 Å². The lowest BCUT2D eigenvalue weighted by Gasteiger charge is -2.21. The van der Waals surface area contributed by atoms with Crippen molar-refractivity contribution in [2.45, 2.75) is 32.5 Å². The zero-order valence-corrected chi connectivity index (χ0v) is 17.6. The number of carbonyl (C=O) groups excluding carboxylic acids is 1. The van der Waals surface area contributed by atoms with Crippen molar-refractivity contribution < 1.29 is 13.9 Å². The van der Waals surface area contributed by atoms with Crippen molar-refractivity contribution in [1.82, 2.24) is 30.0 Å². The average molecular weight is 424 g/mol. The third kappa shape index (κ3) is 4.72. The maximum absolute atomic E-state index is 14.2. The van der Waals surface area contributed by atoms with Crippen LogP contribution in [0.3, 0.4) is 0 Å². The van der Waals surface area contributed by atoms with Crippen molar-refractivity contribution in [1.29, 1.82) is 0 Å². The SMILES string of the molecule is COc1ccc(F)c(CN2CCc3nnc(C(C)NC(=O)c4cccnc4)n3CC2)c1. The molecule has 0 saturated heterocycles. The molecular formula is C22H25FN6O2. The fraction of sp³-hybridized carbons (Fsp3) is 0.364. The standard InChI is InChI=1S/C22H25FN6O2/c1-15(25-22(30)16-4-3-8-24-13-16)21-27-26-20-7-9-28(10-11-29(20)21)14-17-12-18(31-2)5-6-19(17)23/h3-6,8,12-13,15H,7,9-11,14H2,1-2H3,(H,25,30). The smallest absolute Gasteiger partial charge is 0.253 e. The van der Waals surface area contributed by atoms with E-state index in [4.69, 9.17) is 4.74 Å². The number of aromatic nitrogens is 4. The Kier molecular flexibility index (Phi) is 6.22. The summed E-state index contributed by atoms with van der Waals surface area (Å²) >= 11 is 0. The molecule has 2 aromatic heterocycles. The Bertz CT molecular complexity index is 1060. The normalized spacial score (nSPS) is 15.1. The number of fused-ring (bicyclic) bond motifs is 1. The topological polar surface area (TPSA) is 85.2 Å². The van der Waals surface area contributed by atoms with Gasteiger partial charge in [-0.3, -0.25) is 14.7 Å². The Morgan fingerprint density at radius 1 is 1.26 bits per heavy atom. The van der Waals surface area contributed by atoms with E-state index in [0.717, 1.165) is 18.9 Å². The largest absolute Gasteiger partial charge is 0.497 e. The van der Waals surface area contributed by atoms with Crippen LogP contribution in [0.1, 0.15) is 40.5 Å². The number of halogens is 1. The fourth-order valence-corrected chi connectivity index (χ4v) is 3.75. The number of carbonyl (C=O) groups is 1. The van der Waals surface area contributed by atoms with Crippen LogP contribution in [0.2, 0.25) is 0 Å². The summed E-state index contributed by atoms with van der Waals surface area (Å²) < 4.78 is 21.5. The Balaban J connectivity index is 1.43. The number of rotatable bonds is 6. The molecule has 0 aliphatic carbocycles. The minimum absolute atomic E-state index is 0.207. The number of ether oxygens (including phenoxy) is 1. The first kappa shape index (κ1) is 20.9. The molecule has 3 heterocycles. The lowest BCUT2D eigenvalue weighted by molar-refractivity contribution is 0.0937. The van der Waals surface area contributed by atoms with E-state index in [0.29, 0.717) is 42.2 Å². The number of pyridine rings is 1. The van der Waals surface area contributed by atoms with Crippen molar-refractivity contribution in [2.24, 2.45) is 0 Å². The Hall–Kier alpha value is -3.33. The van der Waals surface area contributed by atoms with E-state index >= 15 is 0 Å². The molecule has 1 aliphatic rings. The predicted octanol–water partition coefficient (Wildman–Crippen LogP) is 2.37. The maximum atomic E-state index is 14.2. The summed E-state index contributed by atoms with van der Waals surface area (Å²) in [6, 6.07) is 7.93. The summed E-state index contributed by atoms with van der Waals surface area (Å²) in [7, 11) is 1.57. The molecule has 0 spiro atoms. The highest BCUT2D eigenvalue weighted by molar-refractivity contribution is 5.94. The molecule has 0 saturated carbocycles. The van der Waals surface area contributed by atoms with Gasteiger partial charge in [-0.2, -0.15) is 0 Å². The van der Waals surface area contributed by atoms with Crippen molar-refractivity contribution in [3.05, 3.63) is 71.3 Å². The van der Waals surface area contributed by atoms with Crippen LogP contribution in [-0.4, -0.2) is 50.8 Å². The average Bonchev–Trinajstić information content (AvgIpc) is 3.10. The number of methoxy groups -OCH3 is 1. The van der Waals surface area contributed by atoms with Crippen LogP contribution < -0.4 is 10.1 Å². The predicted molar refractivity (Wildman–Crippen MR) is 112 cm³/mol. The van der Waals surface area contributed by atoms with E-state index in [1.807, 2.05) is 6.92 Å². The van der Waals surface area contributed by atoms with Gasteiger partial charge in [0.05, 0.1) is 18.7 Å². The van der Waals surface area contributed by atoms with Crippen LogP contribution in [0.25, 0.3) is 0 Å². The monoisotopic (exact) mass is 424 g/mol. The Morgan fingerprint density at radius 3 is 2.90 bits per heavy atom. The zero-order valence-electron chi connectivity index (χ0n) is 17.6. The van der Waals surface area contributed by atoms with Crippen molar-refractivity contribution in [3.63, 3.8) is 0 Å². The Morgan fingerprint density at radius 2 is 2.13 bits per heavy atom. The lowest BCUT2D eigenvalue weighted by Crippen LogP contribution is -2.30. The highest BCUT2D eigenvalue weighted by Gasteiger charge is 2.23. The first-order chi connectivity index (χ1) is 15.0. The number of hydrogen-bond donors (Lipinski definition) is 1. The van der Waals surface area contributed by atoms with Crippen molar-refractivity contribution >= 4 is 5.91 Å². The van der Waals surface area contributed by atoms with Gasteiger partial charge in [0, 0.05) is 50.6 Å². The van der Waals surface area contributed by atoms with Gasteiger partial charge < -0.3 is 14.6 Å². The van der Waals surface area contributed by atoms with E-state index in [9.17, 15) is 9.18 Å². The van der Waals surface area contributed by atoms with Crippen LogP contribution >= 0.6 is 0 Å². The maximum Gasteiger partial charge on any atom is 0.253 e. The van der Waals surface area contributed by atoms with Crippen LogP contribution in [0, 0.1) is 5.82 Å². The van der Waals surface area contributed by atoms with Crippen LogP contribution in [0.4, 0.5) is 4.39 Å². The molecule has 162 valence electrons. The van der Waals surface area contributed by atoms with Gasteiger partial charge in [0.1, 0.15) is 17.4 Å². The molecule has 1 amide bonds. The third-order valence-electron chi connectivity index (χ3n) is 5.45. The first-order valence-corrected chi connectivity index (χ1v) is 10.2. The fourth-order valence-electron chi connectivity index (χ4n) is 3.75. The number of amides is 1. The summed E-state index contributed by atoms with van der Waals surface area (Å²) in [6.45, 7) is 4.50. The molecule has 0 fully saturated rings. The molecule has 1 atom stereocenters. The van der Waals surface area contributed by atoms with Gasteiger partial charge >= 0.3 is 0 Å². The highest BCUT2D eigenvalue weighted by Crippen LogP contribution is 2.21. The second kappa shape index (κ2) is 9.22. The molecule has 4 rings (SSSR count). The van der Waals surface area contributed by atoms with Gasteiger partial charge in [0.15, 0.2) is 5.82 Å². The second-order valence-electron chi connectivity index (χ2n) is 7.55. The molecule has 0 radical (unpaired) electrons. The molecule has 3 aromatic rings. The molecule has 9 heteroatoms. The van der Waals surface area contributed by atoms with Crippen LogP contribution in [-0.2, 0) is 19.5 Å². The van der Waals surface area contributed by atoms with Gasteiger partial charge in [-0.05, 0) is 37.3 Å².